The molecule has 0 amide bonds. The van der Waals surface area contributed by atoms with Gasteiger partial charge < -0.3 is 24.8 Å². The molecule has 4 atom stereocenters. The molecule has 0 saturated carbocycles. The molecule has 0 radical (unpaired) electrons. The van der Waals surface area contributed by atoms with Gasteiger partial charge in [0.15, 0.2) is 0 Å². The third-order valence-corrected chi connectivity index (χ3v) is 5.97. The molecule has 1 aliphatic rings. The lowest BCUT2D eigenvalue weighted by Gasteiger charge is -2.20. The minimum atomic E-state index is -1.14. The number of rotatable bonds is 19. The molecule has 0 aliphatic carbocycles. The number of hydrogen-bond acceptors (Lipinski definition) is 6. The second-order valence-corrected chi connectivity index (χ2v) is 8.81. The van der Waals surface area contributed by atoms with Gasteiger partial charge in [-0.2, -0.15) is 0 Å². The summed E-state index contributed by atoms with van der Waals surface area (Å²) in [5, 5.41) is 29.0. The highest BCUT2D eigenvalue weighted by Crippen LogP contribution is 2.18. The predicted molar refractivity (Wildman–Crippen MR) is 118 cm³/mol. The Morgan fingerprint density at radius 3 is 1.77 bits per heavy atom. The molecular formula is C24H46O6. The van der Waals surface area contributed by atoms with Crippen LogP contribution in [0.1, 0.15) is 110 Å². The minimum absolute atomic E-state index is 0.0179. The number of carbonyl (C=O) groups is 1. The maximum atomic E-state index is 11.8. The number of ether oxygens (including phenoxy) is 2. The van der Waals surface area contributed by atoms with E-state index in [1.54, 1.807) is 0 Å². The highest BCUT2D eigenvalue weighted by Gasteiger charge is 2.39. The largest absolute Gasteiger partial charge is 0.463 e. The maximum Gasteiger partial charge on any atom is 0.305 e. The van der Waals surface area contributed by atoms with Crippen LogP contribution in [0.5, 0.6) is 0 Å². The van der Waals surface area contributed by atoms with Crippen molar-refractivity contribution in [2.45, 2.75) is 134 Å². The summed E-state index contributed by atoms with van der Waals surface area (Å²) < 4.78 is 10.2. The Morgan fingerprint density at radius 2 is 1.33 bits per heavy atom. The molecule has 1 fully saturated rings. The predicted octanol–water partition coefficient (Wildman–Crippen LogP) is 4.27. The summed E-state index contributed by atoms with van der Waals surface area (Å²) in [6.07, 6.45) is 15.4. The number of carbonyl (C=O) groups excluding carboxylic acids is 1. The zero-order valence-electron chi connectivity index (χ0n) is 19.1. The number of esters is 1. The molecular weight excluding hydrogens is 384 g/mol. The molecule has 30 heavy (non-hydrogen) atoms. The van der Waals surface area contributed by atoms with Crippen molar-refractivity contribution in [1.29, 1.82) is 0 Å². The van der Waals surface area contributed by atoms with Crippen LogP contribution < -0.4 is 0 Å². The maximum absolute atomic E-state index is 11.8. The van der Waals surface area contributed by atoms with Crippen LogP contribution in [0.15, 0.2) is 0 Å². The van der Waals surface area contributed by atoms with Crippen LogP contribution in [0, 0.1) is 0 Å². The summed E-state index contributed by atoms with van der Waals surface area (Å²) in [4.78, 5) is 11.8. The Kier molecular flexibility index (Phi) is 16.3. The third-order valence-electron chi connectivity index (χ3n) is 5.97. The third kappa shape index (κ3) is 12.9. The molecule has 6 nitrogen and oxygen atoms in total. The molecule has 178 valence electrons. The summed E-state index contributed by atoms with van der Waals surface area (Å²) in [5.74, 6) is -0.336. The normalized spacial score (nSPS) is 22.3. The fraction of sp³-hybridized carbons (Fsp3) is 0.958. The van der Waals surface area contributed by atoms with Crippen LogP contribution in [-0.2, 0) is 14.3 Å². The van der Waals surface area contributed by atoms with Crippen molar-refractivity contribution in [3.05, 3.63) is 0 Å². The van der Waals surface area contributed by atoms with Crippen LogP contribution in [0.25, 0.3) is 0 Å². The second kappa shape index (κ2) is 17.9. The summed E-state index contributed by atoms with van der Waals surface area (Å²) in [5.41, 5.74) is 0. The molecule has 0 aromatic heterocycles. The Hall–Kier alpha value is -0.690. The number of unbranched alkanes of at least 4 members (excludes halogenated alkanes) is 14. The van der Waals surface area contributed by atoms with Crippen molar-refractivity contribution < 1.29 is 29.6 Å². The van der Waals surface area contributed by atoms with Gasteiger partial charge >= 0.3 is 5.97 Å². The molecule has 1 aliphatic heterocycles. The molecule has 0 bridgehead atoms. The quantitative estimate of drug-likeness (QED) is 0.209. The van der Waals surface area contributed by atoms with E-state index in [4.69, 9.17) is 9.47 Å². The van der Waals surface area contributed by atoms with E-state index in [0.717, 1.165) is 19.3 Å². The van der Waals surface area contributed by atoms with Crippen LogP contribution in [0.2, 0.25) is 0 Å². The van der Waals surface area contributed by atoms with Crippen molar-refractivity contribution in [1.82, 2.24) is 0 Å². The van der Waals surface area contributed by atoms with Gasteiger partial charge in [-0.15, -0.1) is 0 Å². The van der Waals surface area contributed by atoms with Crippen LogP contribution in [0.3, 0.4) is 0 Å². The van der Waals surface area contributed by atoms with Gasteiger partial charge in [-0.1, -0.05) is 96.8 Å². The van der Waals surface area contributed by atoms with Gasteiger partial charge in [0.05, 0.1) is 6.61 Å². The summed E-state index contributed by atoms with van der Waals surface area (Å²) >= 11 is 0. The molecule has 1 heterocycles. The van der Waals surface area contributed by atoms with Crippen LogP contribution >= 0.6 is 0 Å². The molecule has 0 unspecified atom stereocenters. The van der Waals surface area contributed by atoms with Gasteiger partial charge in [-0.3, -0.25) is 4.79 Å². The average Bonchev–Trinajstić information content (AvgIpc) is 3.07. The molecule has 0 aromatic carbocycles. The first-order chi connectivity index (χ1) is 14.6. The topological polar surface area (TPSA) is 96.2 Å². The summed E-state index contributed by atoms with van der Waals surface area (Å²) in [6, 6.07) is 0. The van der Waals surface area contributed by atoms with Gasteiger partial charge in [0.2, 0.25) is 0 Å². The number of aliphatic hydroxyl groups excluding tert-OH is 3. The Labute approximate surface area is 183 Å². The SMILES string of the molecule is CCCCCCCCCCCCCCCCCC(=O)OC[C@@H](O)[C@H]1OC[C@H](O)[C@@H]1O. The Bertz CT molecular complexity index is 417. The van der Waals surface area contributed by atoms with E-state index in [1.165, 1.54) is 77.0 Å². The van der Waals surface area contributed by atoms with Crippen molar-refractivity contribution in [2.24, 2.45) is 0 Å². The first-order valence-electron chi connectivity index (χ1n) is 12.4. The lowest BCUT2D eigenvalue weighted by atomic mass is 10.0. The van der Waals surface area contributed by atoms with Crippen molar-refractivity contribution in [3.63, 3.8) is 0 Å². The first-order valence-corrected chi connectivity index (χ1v) is 12.4. The lowest BCUT2D eigenvalue weighted by molar-refractivity contribution is -0.151. The first kappa shape index (κ1) is 27.3. The summed E-state index contributed by atoms with van der Waals surface area (Å²) in [7, 11) is 0. The Balaban J connectivity index is 1.83. The van der Waals surface area contributed by atoms with E-state index < -0.39 is 24.4 Å². The van der Waals surface area contributed by atoms with Gasteiger partial charge in [-0.05, 0) is 6.42 Å². The van der Waals surface area contributed by atoms with Gasteiger partial charge in [0, 0.05) is 6.42 Å². The average molecular weight is 431 g/mol. The second-order valence-electron chi connectivity index (χ2n) is 8.81. The highest BCUT2D eigenvalue weighted by atomic mass is 16.6. The van der Waals surface area contributed by atoms with Crippen molar-refractivity contribution in [2.75, 3.05) is 13.2 Å². The molecule has 1 rings (SSSR count). The Morgan fingerprint density at radius 1 is 0.867 bits per heavy atom. The zero-order chi connectivity index (χ0) is 22.0. The molecule has 0 aromatic rings. The van der Waals surface area contributed by atoms with E-state index >= 15 is 0 Å². The fourth-order valence-electron chi connectivity index (χ4n) is 3.95. The van der Waals surface area contributed by atoms with E-state index in [-0.39, 0.29) is 19.2 Å². The minimum Gasteiger partial charge on any atom is -0.463 e. The lowest BCUT2D eigenvalue weighted by Crippen LogP contribution is -2.41. The smallest absolute Gasteiger partial charge is 0.305 e. The van der Waals surface area contributed by atoms with Crippen molar-refractivity contribution in [3.8, 4) is 0 Å². The molecule has 0 spiro atoms. The summed E-state index contributed by atoms with van der Waals surface area (Å²) in [6.45, 7) is 2.03. The van der Waals surface area contributed by atoms with Gasteiger partial charge in [0.1, 0.15) is 31.0 Å². The van der Waals surface area contributed by atoms with Crippen LogP contribution in [0.4, 0.5) is 0 Å². The molecule has 6 heteroatoms. The molecule has 3 N–H and O–H groups in total. The zero-order valence-corrected chi connectivity index (χ0v) is 19.1. The highest BCUT2D eigenvalue weighted by molar-refractivity contribution is 5.69. The number of aliphatic hydroxyl groups is 3. The van der Waals surface area contributed by atoms with E-state index in [0.29, 0.717) is 6.42 Å². The van der Waals surface area contributed by atoms with E-state index in [1.807, 2.05) is 0 Å². The van der Waals surface area contributed by atoms with E-state index in [2.05, 4.69) is 6.92 Å². The monoisotopic (exact) mass is 430 g/mol. The fourth-order valence-corrected chi connectivity index (χ4v) is 3.95. The molecule has 1 saturated heterocycles. The van der Waals surface area contributed by atoms with E-state index in [9.17, 15) is 20.1 Å². The van der Waals surface area contributed by atoms with Gasteiger partial charge in [0.25, 0.3) is 0 Å². The number of hydrogen-bond donors (Lipinski definition) is 3. The van der Waals surface area contributed by atoms with Crippen LogP contribution in [-0.4, -0.2) is 58.9 Å². The van der Waals surface area contributed by atoms with Gasteiger partial charge in [-0.25, -0.2) is 0 Å². The standard InChI is InChI=1S/C24H46O6/c1-2-3-4-5-6-7-8-9-10-11-12-13-14-15-16-17-22(27)29-19-21(26)24-23(28)20(25)18-30-24/h20-21,23-26,28H,2-19H2,1H3/t20-,21+,23-,24+/m0/s1. The van der Waals surface area contributed by atoms with Crippen molar-refractivity contribution >= 4 is 5.97 Å².